The van der Waals surface area contributed by atoms with E-state index in [-0.39, 0.29) is 11.6 Å². The highest BCUT2D eigenvalue weighted by atomic mass is 16.5. The Labute approximate surface area is 214 Å². The summed E-state index contributed by atoms with van der Waals surface area (Å²) in [5.41, 5.74) is 3.66. The van der Waals surface area contributed by atoms with Crippen molar-refractivity contribution in [1.82, 2.24) is 30.1 Å². The van der Waals surface area contributed by atoms with E-state index >= 15 is 0 Å². The van der Waals surface area contributed by atoms with Gasteiger partial charge in [0.25, 0.3) is 5.56 Å². The third kappa shape index (κ3) is 5.46. The predicted octanol–water partition coefficient (Wildman–Crippen LogP) is 4.63. The summed E-state index contributed by atoms with van der Waals surface area (Å²) in [7, 11) is 1.65. The number of ether oxygens (including phenoxy) is 1. The molecule has 0 bridgehead atoms. The zero-order chi connectivity index (χ0) is 25.8. The van der Waals surface area contributed by atoms with Crippen molar-refractivity contribution in [2.24, 2.45) is 0 Å². The molecule has 37 heavy (non-hydrogen) atoms. The largest absolute Gasteiger partial charge is 0.497 e. The Kier molecular flexibility index (Phi) is 7.14. The van der Waals surface area contributed by atoms with Gasteiger partial charge in [-0.05, 0) is 77.2 Å². The third-order valence-electron chi connectivity index (χ3n) is 6.57. The van der Waals surface area contributed by atoms with Crippen molar-refractivity contribution in [3.63, 3.8) is 0 Å². The zero-order valence-corrected chi connectivity index (χ0v) is 21.2. The first kappa shape index (κ1) is 24.5. The second-order valence-corrected chi connectivity index (χ2v) is 9.17. The Bertz CT molecular complexity index is 1520. The van der Waals surface area contributed by atoms with Gasteiger partial charge in [-0.3, -0.25) is 9.69 Å². The molecule has 2 aromatic carbocycles. The molecule has 0 aliphatic rings. The zero-order valence-electron chi connectivity index (χ0n) is 21.2. The molecule has 0 unspecified atom stereocenters. The molecule has 1 atom stereocenters. The van der Waals surface area contributed by atoms with Crippen LogP contribution in [-0.4, -0.2) is 37.2 Å². The van der Waals surface area contributed by atoms with Crippen LogP contribution in [0.25, 0.3) is 10.9 Å². The summed E-state index contributed by atoms with van der Waals surface area (Å²) >= 11 is 0. The minimum absolute atomic E-state index is 0.0962. The number of tetrazole rings is 1. The van der Waals surface area contributed by atoms with Gasteiger partial charge >= 0.3 is 0 Å². The van der Waals surface area contributed by atoms with Gasteiger partial charge in [-0.15, -0.1) is 5.10 Å². The first-order chi connectivity index (χ1) is 18.0. The van der Waals surface area contributed by atoms with Gasteiger partial charge in [0.15, 0.2) is 5.82 Å². The topological polar surface area (TPSA) is 102 Å². The van der Waals surface area contributed by atoms with Crippen LogP contribution >= 0.6 is 0 Å². The average Bonchev–Trinajstić information content (AvgIpc) is 3.58. The van der Waals surface area contributed by atoms with E-state index in [0.717, 1.165) is 45.8 Å². The predicted molar refractivity (Wildman–Crippen MR) is 140 cm³/mol. The Morgan fingerprint density at radius 2 is 1.95 bits per heavy atom. The lowest BCUT2D eigenvalue weighted by Crippen LogP contribution is -2.32. The van der Waals surface area contributed by atoms with Crippen LogP contribution in [0.15, 0.2) is 76.1 Å². The van der Waals surface area contributed by atoms with Crippen LogP contribution in [0, 0.1) is 6.92 Å². The number of benzene rings is 2. The molecule has 9 nitrogen and oxygen atoms in total. The number of aromatic nitrogens is 5. The SMILES string of the molecule is CC[C@H](c1nnnn1Cc1ccco1)N(Cc1ccc(OC)cc1)Cc1cc2cc(C)ccc2[nH]c1=O. The molecule has 0 aliphatic carbocycles. The van der Waals surface area contributed by atoms with Crippen molar-refractivity contribution < 1.29 is 9.15 Å². The summed E-state index contributed by atoms with van der Waals surface area (Å²) in [4.78, 5) is 18.4. The maximum Gasteiger partial charge on any atom is 0.252 e. The number of nitrogens with zero attached hydrogens (tertiary/aromatic N) is 5. The number of H-pyrrole nitrogens is 1. The van der Waals surface area contributed by atoms with Gasteiger partial charge in [0.1, 0.15) is 18.1 Å². The van der Waals surface area contributed by atoms with Crippen LogP contribution in [0.4, 0.5) is 0 Å². The lowest BCUT2D eigenvalue weighted by molar-refractivity contribution is 0.161. The maximum atomic E-state index is 13.1. The van der Waals surface area contributed by atoms with Crippen LogP contribution in [0.1, 0.15) is 47.7 Å². The van der Waals surface area contributed by atoms with Crippen LogP contribution in [0.5, 0.6) is 5.75 Å². The van der Waals surface area contributed by atoms with Crippen molar-refractivity contribution in [3.8, 4) is 5.75 Å². The molecule has 5 rings (SSSR count). The standard InChI is InChI=1S/C28H30N6O3/c1-4-26(27-30-31-32-34(27)18-24-6-5-13-37-24)33(16-20-8-10-23(36-3)11-9-20)17-22-15-21-14-19(2)7-12-25(21)29-28(22)35/h5-15,26H,4,16-18H2,1-3H3,(H,29,35)/t26-/m1/s1. The number of aryl methyl sites for hydroxylation is 1. The summed E-state index contributed by atoms with van der Waals surface area (Å²) in [6, 6.07) is 19.6. The fraction of sp³-hybridized carbons (Fsp3) is 0.286. The number of hydrogen-bond acceptors (Lipinski definition) is 7. The normalized spacial score (nSPS) is 12.3. The molecule has 0 fully saturated rings. The molecule has 3 heterocycles. The Morgan fingerprint density at radius 1 is 1.11 bits per heavy atom. The van der Waals surface area contributed by atoms with E-state index in [1.165, 1.54) is 0 Å². The monoisotopic (exact) mass is 498 g/mol. The molecule has 0 radical (unpaired) electrons. The number of hydrogen-bond donors (Lipinski definition) is 1. The summed E-state index contributed by atoms with van der Waals surface area (Å²) < 4.78 is 12.6. The van der Waals surface area contributed by atoms with Gasteiger partial charge in [0.2, 0.25) is 0 Å². The van der Waals surface area contributed by atoms with E-state index in [4.69, 9.17) is 9.15 Å². The minimum Gasteiger partial charge on any atom is -0.497 e. The second kappa shape index (κ2) is 10.8. The molecule has 0 spiro atoms. The van der Waals surface area contributed by atoms with Crippen LogP contribution in [0.2, 0.25) is 0 Å². The van der Waals surface area contributed by atoms with Crippen molar-refractivity contribution in [2.75, 3.05) is 7.11 Å². The minimum atomic E-state index is -0.139. The molecule has 3 aromatic heterocycles. The highest BCUT2D eigenvalue weighted by Crippen LogP contribution is 2.27. The fourth-order valence-electron chi connectivity index (χ4n) is 4.67. The number of methoxy groups -OCH3 is 1. The quantitative estimate of drug-likeness (QED) is 0.300. The highest BCUT2D eigenvalue weighted by molar-refractivity contribution is 5.79. The van der Waals surface area contributed by atoms with Crippen LogP contribution in [0.3, 0.4) is 0 Å². The third-order valence-corrected chi connectivity index (χ3v) is 6.57. The Hall–Kier alpha value is -4.24. The average molecular weight is 499 g/mol. The van der Waals surface area contributed by atoms with Gasteiger partial charge in [-0.2, -0.15) is 0 Å². The van der Waals surface area contributed by atoms with Gasteiger partial charge in [0, 0.05) is 24.2 Å². The smallest absolute Gasteiger partial charge is 0.252 e. The fourth-order valence-corrected chi connectivity index (χ4v) is 4.67. The van der Waals surface area contributed by atoms with Gasteiger partial charge < -0.3 is 14.1 Å². The van der Waals surface area contributed by atoms with Crippen LogP contribution < -0.4 is 10.3 Å². The van der Waals surface area contributed by atoms with Gasteiger partial charge in [-0.1, -0.05) is 30.7 Å². The number of pyridine rings is 1. The first-order valence-corrected chi connectivity index (χ1v) is 12.3. The summed E-state index contributed by atoms with van der Waals surface area (Å²) in [6.45, 7) is 5.61. The van der Waals surface area contributed by atoms with Gasteiger partial charge in [-0.25, -0.2) is 4.68 Å². The summed E-state index contributed by atoms with van der Waals surface area (Å²) in [6.07, 6.45) is 2.39. The molecule has 1 N–H and O–H groups in total. The number of furan rings is 1. The van der Waals surface area contributed by atoms with E-state index < -0.39 is 0 Å². The Balaban J connectivity index is 1.52. The number of nitrogens with one attached hydrogen (secondary N) is 1. The number of rotatable bonds is 10. The molecule has 0 aliphatic heterocycles. The van der Waals surface area contributed by atoms with Crippen molar-refractivity contribution >= 4 is 10.9 Å². The van der Waals surface area contributed by atoms with Crippen molar-refractivity contribution in [2.45, 2.75) is 45.9 Å². The summed E-state index contributed by atoms with van der Waals surface area (Å²) in [5, 5.41) is 13.6. The van der Waals surface area contributed by atoms with E-state index in [9.17, 15) is 4.79 Å². The molecule has 0 amide bonds. The Morgan fingerprint density at radius 3 is 2.68 bits per heavy atom. The molecule has 190 valence electrons. The summed E-state index contributed by atoms with van der Waals surface area (Å²) in [5.74, 6) is 2.29. The van der Waals surface area contributed by atoms with Gasteiger partial charge in [0.05, 0.1) is 19.4 Å². The molecular formula is C28H30N6O3. The van der Waals surface area contributed by atoms with Crippen molar-refractivity contribution in [1.29, 1.82) is 0 Å². The molecule has 5 aromatic rings. The lowest BCUT2D eigenvalue weighted by Gasteiger charge is -2.30. The molecule has 9 heteroatoms. The van der Waals surface area contributed by atoms with Crippen LogP contribution in [-0.2, 0) is 19.6 Å². The van der Waals surface area contributed by atoms with E-state index in [0.29, 0.717) is 25.2 Å². The van der Waals surface area contributed by atoms with E-state index in [1.54, 1.807) is 18.1 Å². The second-order valence-electron chi connectivity index (χ2n) is 9.17. The number of fused-ring (bicyclic) bond motifs is 1. The molecular weight excluding hydrogens is 468 g/mol. The maximum absolute atomic E-state index is 13.1. The number of aromatic amines is 1. The highest BCUT2D eigenvalue weighted by Gasteiger charge is 2.26. The molecule has 0 saturated carbocycles. The lowest BCUT2D eigenvalue weighted by atomic mass is 10.1. The first-order valence-electron chi connectivity index (χ1n) is 12.3. The van der Waals surface area contributed by atoms with E-state index in [2.05, 4.69) is 38.4 Å². The molecule has 0 saturated heterocycles. The van der Waals surface area contributed by atoms with E-state index in [1.807, 2.05) is 61.5 Å². The van der Waals surface area contributed by atoms with Crippen molar-refractivity contribution in [3.05, 3.63) is 106 Å².